The number of nitrogens with zero attached hydrogens (tertiary/aromatic N) is 2. The Kier molecular flexibility index (Phi) is 5.29. The van der Waals surface area contributed by atoms with Crippen LogP contribution in [0.4, 0.5) is 4.39 Å². The van der Waals surface area contributed by atoms with Crippen LogP contribution in [0.5, 0.6) is 0 Å². The highest BCUT2D eigenvalue weighted by molar-refractivity contribution is 7.89. The fourth-order valence-electron chi connectivity index (χ4n) is 4.89. The summed E-state index contributed by atoms with van der Waals surface area (Å²) >= 11 is 0. The second-order valence-electron chi connectivity index (χ2n) is 8.78. The number of nitrogens with one attached hydrogen (secondary N) is 1. The van der Waals surface area contributed by atoms with Gasteiger partial charge in [0.05, 0.1) is 11.1 Å². The van der Waals surface area contributed by atoms with E-state index in [2.05, 4.69) is 18.0 Å². The molecule has 3 aromatic rings. The summed E-state index contributed by atoms with van der Waals surface area (Å²) in [5.41, 5.74) is 4.03. The van der Waals surface area contributed by atoms with Gasteiger partial charge in [-0.1, -0.05) is 31.2 Å². The number of carbonyl (C=O) groups excluding carboxylic acids is 1. The number of rotatable bonds is 3. The van der Waals surface area contributed by atoms with Gasteiger partial charge in [0.1, 0.15) is 10.7 Å². The van der Waals surface area contributed by atoms with Gasteiger partial charge in [-0.25, -0.2) is 12.8 Å². The van der Waals surface area contributed by atoms with E-state index in [1.807, 2.05) is 12.1 Å². The van der Waals surface area contributed by atoms with Crippen molar-refractivity contribution in [3.63, 3.8) is 0 Å². The molecule has 2 aliphatic rings. The maximum Gasteiger partial charge on any atom is 0.256 e. The van der Waals surface area contributed by atoms with Gasteiger partial charge >= 0.3 is 0 Å². The molecule has 1 aliphatic heterocycles. The topological polar surface area (TPSA) is 73.5 Å². The molecule has 1 atom stereocenters. The first kappa shape index (κ1) is 21.2. The molecule has 0 radical (unpaired) electrons. The minimum absolute atomic E-state index is 0.106. The molecular formula is C24H26FN3O3S. The summed E-state index contributed by atoms with van der Waals surface area (Å²) < 4.78 is 41.0. The number of halogens is 1. The molecule has 168 valence electrons. The Morgan fingerprint density at radius 3 is 2.56 bits per heavy atom. The fourth-order valence-corrected chi connectivity index (χ4v) is 6.38. The standard InChI is InChI=1S/C24H26FN3O3S/c1-16-9-10-21-19(15-16)17-5-4-6-18(23(17)26-21)24(29)27-11-13-28(14-12-27)32(30,31)22-8-3-2-7-20(22)25/h2-8,16,26H,9-15H2,1H3. The largest absolute Gasteiger partial charge is 0.358 e. The molecule has 1 amide bonds. The van der Waals surface area contributed by atoms with Crippen molar-refractivity contribution in [3.05, 3.63) is 65.1 Å². The zero-order chi connectivity index (χ0) is 22.5. The Morgan fingerprint density at radius 1 is 1.06 bits per heavy atom. The minimum atomic E-state index is -3.93. The lowest BCUT2D eigenvalue weighted by molar-refractivity contribution is 0.0699. The van der Waals surface area contributed by atoms with Crippen LogP contribution < -0.4 is 0 Å². The average molecular weight is 456 g/mol. The van der Waals surface area contributed by atoms with E-state index in [0.29, 0.717) is 11.5 Å². The van der Waals surface area contributed by atoms with Crippen molar-refractivity contribution in [3.8, 4) is 0 Å². The third kappa shape index (κ3) is 3.51. The number of benzene rings is 2. The van der Waals surface area contributed by atoms with Gasteiger partial charge in [0, 0.05) is 37.3 Å². The third-order valence-corrected chi connectivity index (χ3v) is 8.61. The van der Waals surface area contributed by atoms with Gasteiger partial charge in [0.15, 0.2) is 0 Å². The van der Waals surface area contributed by atoms with Crippen LogP contribution in [0.3, 0.4) is 0 Å². The SMILES string of the molecule is CC1CCc2[nH]c3c(C(=O)N4CCN(S(=O)(=O)c5ccccc5F)CC4)cccc3c2C1. The van der Waals surface area contributed by atoms with Crippen molar-refractivity contribution in [1.29, 1.82) is 0 Å². The summed E-state index contributed by atoms with van der Waals surface area (Å²) in [5.74, 6) is -0.238. The summed E-state index contributed by atoms with van der Waals surface area (Å²) in [6.07, 6.45) is 3.15. The van der Waals surface area contributed by atoms with Crippen molar-refractivity contribution in [1.82, 2.24) is 14.2 Å². The lowest BCUT2D eigenvalue weighted by Crippen LogP contribution is -2.50. The molecule has 1 aliphatic carbocycles. The predicted molar refractivity (Wildman–Crippen MR) is 121 cm³/mol. The summed E-state index contributed by atoms with van der Waals surface area (Å²) in [7, 11) is -3.93. The number of hydrogen-bond donors (Lipinski definition) is 1. The van der Waals surface area contributed by atoms with Crippen LogP contribution in [-0.2, 0) is 22.9 Å². The molecule has 0 bridgehead atoms. The first-order valence-electron chi connectivity index (χ1n) is 11.0. The summed E-state index contributed by atoms with van der Waals surface area (Å²) in [6.45, 7) is 3.06. The molecule has 1 N–H and O–H groups in total. The molecule has 1 fully saturated rings. The molecule has 32 heavy (non-hydrogen) atoms. The number of aryl methyl sites for hydroxylation is 1. The highest BCUT2D eigenvalue weighted by Crippen LogP contribution is 2.33. The van der Waals surface area contributed by atoms with Crippen molar-refractivity contribution in [2.75, 3.05) is 26.2 Å². The van der Waals surface area contributed by atoms with Gasteiger partial charge in [-0.2, -0.15) is 4.31 Å². The fraction of sp³-hybridized carbons (Fsp3) is 0.375. The lowest BCUT2D eigenvalue weighted by atomic mass is 9.87. The van der Waals surface area contributed by atoms with Gasteiger partial charge in [-0.15, -0.1) is 0 Å². The van der Waals surface area contributed by atoms with E-state index in [4.69, 9.17) is 0 Å². The average Bonchev–Trinajstić information content (AvgIpc) is 3.17. The van der Waals surface area contributed by atoms with Crippen molar-refractivity contribution in [2.45, 2.75) is 31.1 Å². The monoisotopic (exact) mass is 455 g/mol. The zero-order valence-electron chi connectivity index (χ0n) is 18.0. The number of aromatic nitrogens is 1. The summed E-state index contributed by atoms with van der Waals surface area (Å²) in [5, 5.41) is 1.11. The van der Waals surface area contributed by atoms with Crippen LogP contribution in [0.25, 0.3) is 10.9 Å². The minimum Gasteiger partial charge on any atom is -0.358 e. The number of para-hydroxylation sites is 1. The van der Waals surface area contributed by atoms with Crippen LogP contribution in [0.2, 0.25) is 0 Å². The van der Waals surface area contributed by atoms with Gasteiger partial charge in [-0.3, -0.25) is 4.79 Å². The molecule has 2 heterocycles. The van der Waals surface area contributed by atoms with Gasteiger partial charge in [0.25, 0.3) is 5.91 Å². The Hall–Kier alpha value is -2.71. The Balaban J connectivity index is 1.36. The molecule has 1 aromatic heterocycles. The van der Waals surface area contributed by atoms with Gasteiger partial charge in [0.2, 0.25) is 10.0 Å². The van der Waals surface area contributed by atoms with Crippen LogP contribution in [0.1, 0.15) is 35.0 Å². The van der Waals surface area contributed by atoms with Gasteiger partial charge in [-0.05, 0) is 48.9 Å². The number of sulfonamides is 1. The highest BCUT2D eigenvalue weighted by Gasteiger charge is 2.33. The molecular weight excluding hydrogens is 429 g/mol. The summed E-state index contributed by atoms with van der Waals surface area (Å²) in [4.78, 5) is 18.2. The molecule has 6 nitrogen and oxygen atoms in total. The smallest absolute Gasteiger partial charge is 0.256 e. The van der Waals surface area contributed by atoms with Crippen molar-refractivity contribution in [2.24, 2.45) is 5.92 Å². The molecule has 1 unspecified atom stereocenters. The second-order valence-corrected chi connectivity index (χ2v) is 10.7. The quantitative estimate of drug-likeness (QED) is 0.656. The van der Waals surface area contributed by atoms with E-state index >= 15 is 0 Å². The maximum absolute atomic E-state index is 14.1. The maximum atomic E-state index is 14.1. The lowest BCUT2D eigenvalue weighted by Gasteiger charge is -2.34. The number of amides is 1. The predicted octanol–water partition coefficient (Wildman–Crippen LogP) is 3.58. The highest BCUT2D eigenvalue weighted by atomic mass is 32.2. The first-order valence-corrected chi connectivity index (χ1v) is 12.5. The Bertz CT molecular complexity index is 1290. The van der Waals surface area contributed by atoms with E-state index < -0.39 is 15.8 Å². The number of aromatic amines is 1. The normalized spacial score (nSPS) is 19.8. The van der Waals surface area contributed by atoms with E-state index in [0.717, 1.165) is 36.2 Å². The first-order chi connectivity index (χ1) is 15.4. The number of H-pyrrole nitrogens is 1. The van der Waals surface area contributed by atoms with Crippen LogP contribution in [0.15, 0.2) is 47.4 Å². The van der Waals surface area contributed by atoms with Crippen LogP contribution >= 0.6 is 0 Å². The van der Waals surface area contributed by atoms with E-state index in [1.165, 1.54) is 33.8 Å². The van der Waals surface area contributed by atoms with Crippen molar-refractivity contribution < 1.29 is 17.6 Å². The summed E-state index contributed by atoms with van der Waals surface area (Å²) in [6, 6.07) is 11.2. The van der Waals surface area contributed by atoms with E-state index in [1.54, 1.807) is 4.90 Å². The third-order valence-electron chi connectivity index (χ3n) is 6.68. The number of piperazine rings is 1. The second kappa shape index (κ2) is 8.01. The molecule has 8 heteroatoms. The van der Waals surface area contributed by atoms with E-state index in [9.17, 15) is 17.6 Å². The van der Waals surface area contributed by atoms with Crippen LogP contribution in [0, 0.1) is 11.7 Å². The van der Waals surface area contributed by atoms with Crippen molar-refractivity contribution >= 4 is 26.8 Å². The Labute approximate surface area is 187 Å². The van der Waals surface area contributed by atoms with E-state index in [-0.39, 0.29) is 37.0 Å². The molecule has 0 saturated carbocycles. The Morgan fingerprint density at radius 2 is 1.81 bits per heavy atom. The molecule has 0 spiro atoms. The molecule has 5 rings (SSSR count). The van der Waals surface area contributed by atoms with Gasteiger partial charge < -0.3 is 9.88 Å². The number of carbonyl (C=O) groups is 1. The number of fused-ring (bicyclic) bond motifs is 3. The molecule has 1 saturated heterocycles. The van der Waals surface area contributed by atoms with Crippen LogP contribution in [-0.4, -0.2) is 54.7 Å². The molecule has 2 aromatic carbocycles. The number of hydrogen-bond acceptors (Lipinski definition) is 3. The zero-order valence-corrected chi connectivity index (χ0v) is 18.8.